The topological polar surface area (TPSA) is 17.1 Å². The molecule has 0 spiro atoms. The Bertz CT molecular complexity index is 244. The lowest BCUT2D eigenvalue weighted by atomic mass is 9.79. The Labute approximate surface area is 87.9 Å². The van der Waals surface area contributed by atoms with Gasteiger partial charge in [0.15, 0.2) is 0 Å². The normalized spacial score (nSPS) is 12.4. The Morgan fingerprint density at radius 3 is 2.29 bits per heavy atom. The highest BCUT2D eigenvalue weighted by Crippen LogP contribution is 2.26. The van der Waals surface area contributed by atoms with Gasteiger partial charge in [0.2, 0.25) is 0 Å². The number of carbonyl (C=O) groups is 1. The van der Waals surface area contributed by atoms with E-state index in [4.69, 9.17) is 0 Å². The zero-order chi connectivity index (χ0) is 11.4. The highest BCUT2D eigenvalue weighted by Gasteiger charge is 2.27. The summed E-state index contributed by atoms with van der Waals surface area (Å²) < 4.78 is 0. The summed E-state index contributed by atoms with van der Waals surface area (Å²) in [6.45, 7) is 13.6. The van der Waals surface area contributed by atoms with Crippen molar-refractivity contribution < 1.29 is 4.79 Å². The largest absolute Gasteiger partial charge is 0.299 e. The summed E-state index contributed by atoms with van der Waals surface area (Å²) in [5.41, 5.74) is 0.776. The first-order chi connectivity index (χ1) is 6.27. The van der Waals surface area contributed by atoms with Gasteiger partial charge in [0.25, 0.3) is 0 Å². The summed E-state index contributed by atoms with van der Waals surface area (Å²) in [7, 11) is 0. The molecular formula is C13H22O. The molecule has 0 saturated carbocycles. The third kappa shape index (κ3) is 4.40. The van der Waals surface area contributed by atoms with Gasteiger partial charge < -0.3 is 0 Å². The molecule has 0 aliphatic carbocycles. The lowest BCUT2D eigenvalue weighted by Gasteiger charge is -2.23. The standard InChI is InChI=1S/C13H22O/c1-10(2)8-7-9-13(5,6)12(14)11(3)4/h7-8,11H,1,9H2,2-6H3/b8-7+. The second-order valence-electron chi connectivity index (χ2n) is 4.86. The predicted octanol–water partition coefficient (Wildman–Crippen LogP) is 3.76. The maximum absolute atomic E-state index is 11.8. The second-order valence-corrected chi connectivity index (χ2v) is 4.86. The maximum atomic E-state index is 11.8. The van der Waals surface area contributed by atoms with Gasteiger partial charge in [-0.25, -0.2) is 0 Å². The van der Waals surface area contributed by atoms with E-state index in [1.54, 1.807) is 0 Å². The quantitative estimate of drug-likeness (QED) is 0.609. The van der Waals surface area contributed by atoms with Gasteiger partial charge in [-0.05, 0) is 13.3 Å². The van der Waals surface area contributed by atoms with E-state index in [9.17, 15) is 4.79 Å². The number of allylic oxidation sites excluding steroid dienone is 3. The van der Waals surface area contributed by atoms with Crippen molar-refractivity contribution in [1.82, 2.24) is 0 Å². The summed E-state index contributed by atoms with van der Waals surface area (Å²) in [6, 6.07) is 0. The minimum Gasteiger partial charge on any atom is -0.299 e. The molecule has 0 heterocycles. The second kappa shape index (κ2) is 5.14. The molecule has 0 aliphatic rings. The number of ketones is 1. The van der Waals surface area contributed by atoms with E-state index < -0.39 is 0 Å². The van der Waals surface area contributed by atoms with E-state index >= 15 is 0 Å². The molecule has 0 aromatic rings. The van der Waals surface area contributed by atoms with Gasteiger partial charge in [-0.3, -0.25) is 4.79 Å². The first-order valence-electron chi connectivity index (χ1n) is 5.13. The van der Waals surface area contributed by atoms with Gasteiger partial charge in [-0.2, -0.15) is 0 Å². The molecule has 0 N–H and O–H groups in total. The van der Waals surface area contributed by atoms with Crippen LogP contribution in [-0.2, 0) is 4.79 Å². The van der Waals surface area contributed by atoms with Crippen LogP contribution in [0, 0.1) is 11.3 Å². The molecule has 0 bridgehead atoms. The van der Waals surface area contributed by atoms with Crippen LogP contribution in [-0.4, -0.2) is 5.78 Å². The van der Waals surface area contributed by atoms with Crippen LogP contribution in [0.5, 0.6) is 0 Å². The minimum atomic E-state index is -0.250. The monoisotopic (exact) mass is 194 g/mol. The number of Topliss-reactive ketones (excluding diaryl/α,β-unsaturated/α-hetero) is 1. The molecule has 0 aromatic heterocycles. The summed E-state index contributed by atoms with van der Waals surface area (Å²) >= 11 is 0. The molecule has 0 aromatic carbocycles. The van der Waals surface area contributed by atoms with Crippen molar-refractivity contribution in [2.45, 2.75) is 41.0 Å². The lowest BCUT2D eigenvalue weighted by Crippen LogP contribution is -2.27. The molecule has 0 rings (SSSR count). The molecule has 0 fully saturated rings. The van der Waals surface area contributed by atoms with Crippen molar-refractivity contribution in [1.29, 1.82) is 0 Å². The summed E-state index contributed by atoms with van der Waals surface area (Å²) in [5, 5.41) is 0. The summed E-state index contributed by atoms with van der Waals surface area (Å²) in [4.78, 5) is 11.8. The third-order valence-corrected chi connectivity index (χ3v) is 2.22. The number of rotatable bonds is 5. The zero-order valence-electron chi connectivity index (χ0n) is 10.1. The van der Waals surface area contributed by atoms with E-state index in [0.717, 1.165) is 12.0 Å². The van der Waals surface area contributed by atoms with Crippen molar-refractivity contribution in [2.24, 2.45) is 11.3 Å². The van der Waals surface area contributed by atoms with Crippen molar-refractivity contribution >= 4 is 5.78 Å². The molecule has 1 heteroatoms. The SMILES string of the molecule is C=C(C)/C=C/CC(C)(C)C(=O)C(C)C. The average Bonchev–Trinajstić information content (AvgIpc) is 2.01. The highest BCUT2D eigenvalue weighted by atomic mass is 16.1. The molecule has 0 atom stereocenters. The van der Waals surface area contributed by atoms with Crippen LogP contribution in [0.2, 0.25) is 0 Å². The van der Waals surface area contributed by atoms with E-state index in [-0.39, 0.29) is 11.3 Å². The van der Waals surface area contributed by atoms with Crippen LogP contribution >= 0.6 is 0 Å². The Kier molecular flexibility index (Phi) is 4.82. The minimum absolute atomic E-state index is 0.114. The molecule has 0 amide bonds. The Hall–Kier alpha value is -0.850. The molecule has 1 nitrogen and oxygen atoms in total. The number of hydrogen-bond acceptors (Lipinski definition) is 1. The zero-order valence-corrected chi connectivity index (χ0v) is 10.1. The van der Waals surface area contributed by atoms with Crippen LogP contribution in [0.15, 0.2) is 24.3 Å². The van der Waals surface area contributed by atoms with Crippen molar-refractivity contribution in [3.63, 3.8) is 0 Å². The van der Waals surface area contributed by atoms with Crippen LogP contribution in [0.4, 0.5) is 0 Å². The van der Waals surface area contributed by atoms with Crippen LogP contribution in [0.25, 0.3) is 0 Å². The van der Waals surface area contributed by atoms with Gasteiger partial charge in [0, 0.05) is 11.3 Å². The molecular weight excluding hydrogens is 172 g/mol. The van der Waals surface area contributed by atoms with Gasteiger partial charge in [-0.15, -0.1) is 0 Å². The van der Waals surface area contributed by atoms with Crippen molar-refractivity contribution in [3.05, 3.63) is 24.3 Å². The molecule has 0 aliphatic heterocycles. The van der Waals surface area contributed by atoms with E-state index in [2.05, 4.69) is 6.58 Å². The fourth-order valence-corrected chi connectivity index (χ4v) is 1.44. The Morgan fingerprint density at radius 1 is 1.43 bits per heavy atom. The van der Waals surface area contributed by atoms with Crippen LogP contribution < -0.4 is 0 Å². The van der Waals surface area contributed by atoms with Crippen molar-refractivity contribution in [3.8, 4) is 0 Å². The smallest absolute Gasteiger partial charge is 0.141 e. The van der Waals surface area contributed by atoms with Crippen LogP contribution in [0.1, 0.15) is 41.0 Å². The van der Waals surface area contributed by atoms with E-state index in [0.29, 0.717) is 5.78 Å². The fraction of sp³-hybridized carbons (Fsp3) is 0.615. The summed E-state index contributed by atoms with van der Waals surface area (Å²) in [5.74, 6) is 0.437. The molecule has 80 valence electrons. The molecule has 0 saturated heterocycles. The lowest BCUT2D eigenvalue weighted by molar-refractivity contribution is -0.130. The summed E-state index contributed by atoms with van der Waals surface area (Å²) in [6.07, 6.45) is 4.79. The molecule has 14 heavy (non-hydrogen) atoms. The van der Waals surface area contributed by atoms with Crippen molar-refractivity contribution in [2.75, 3.05) is 0 Å². The number of hydrogen-bond donors (Lipinski definition) is 0. The van der Waals surface area contributed by atoms with Crippen LogP contribution in [0.3, 0.4) is 0 Å². The highest BCUT2D eigenvalue weighted by molar-refractivity contribution is 5.85. The first-order valence-corrected chi connectivity index (χ1v) is 5.13. The number of carbonyl (C=O) groups excluding carboxylic acids is 1. The van der Waals surface area contributed by atoms with E-state index in [1.807, 2.05) is 46.8 Å². The first kappa shape index (κ1) is 13.2. The fourth-order valence-electron chi connectivity index (χ4n) is 1.44. The molecule has 0 unspecified atom stereocenters. The third-order valence-electron chi connectivity index (χ3n) is 2.22. The molecule has 0 radical (unpaired) electrons. The van der Waals surface area contributed by atoms with Gasteiger partial charge in [0.1, 0.15) is 5.78 Å². The van der Waals surface area contributed by atoms with Gasteiger partial charge in [-0.1, -0.05) is 52.0 Å². The maximum Gasteiger partial charge on any atom is 0.141 e. The predicted molar refractivity (Wildman–Crippen MR) is 62.2 cm³/mol. The van der Waals surface area contributed by atoms with Gasteiger partial charge >= 0.3 is 0 Å². The van der Waals surface area contributed by atoms with Gasteiger partial charge in [0.05, 0.1) is 0 Å². The Balaban J connectivity index is 4.34. The Morgan fingerprint density at radius 2 is 1.93 bits per heavy atom. The average molecular weight is 194 g/mol. The van der Waals surface area contributed by atoms with E-state index in [1.165, 1.54) is 0 Å².